The van der Waals surface area contributed by atoms with Gasteiger partial charge in [-0.2, -0.15) is 0 Å². The number of carboxylic acids is 1. The third-order valence-corrected chi connectivity index (χ3v) is 4.72. The van der Waals surface area contributed by atoms with Gasteiger partial charge in [0.05, 0.1) is 0 Å². The van der Waals surface area contributed by atoms with Crippen molar-refractivity contribution in [3.05, 3.63) is 0 Å². The summed E-state index contributed by atoms with van der Waals surface area (Å²) < 4.78 is 0. The monoisotopic (exact) mass is 298 g/mol. The zero-order valence-electron chi connectivity index (χ0n) is 14.1. The van der Waals surface area contributed by atoms with Gasteiger partial charge in [0.1, 0.15) is 5.54 Å². The van der Waals surface area contributed by atoms with E-state index in [1.165, 1.54) is 0 Å². The number of rotatable bonds is 12. The third-order valence-electron chi connectivity index (χ3n) is 4.72. The van der Waals surface area contributed by atoms with E-state index in [0.29, 0.717) is 18.7 Å². The summed E-state index contributed by atoms with van der Waals surface area (Å²) in [6, 6.07) is 0. The van der Waals surface area contributed by atoms with Crippen LogP contribution in [0.2, 0.25) is 6.32 Å². The summed E-state index contributed by atoms with van der Waals surface area (Å²) >= 11 is 0. The van der Waals surface area contributed by atoms with E-state index in [4.69, 9.17) is 10.8 Å². The summed E-state index contributed by atoms with van der Waals surface area (Å²) in [6.07, 6.45) is 5.59. The van der Waals surface area contributed by atoms with Gasteiger partial charge in [-0.05, 0) is 30.6 Å². The molecule has 0 amide bonds. The summed E-state index contributed by atoms with van der Waals surface area (Å²) in [7, 11) is 1.15. The van der Waals surface area contributed by atoms with Gasteiger partial charge in [-0.25, -0.2) is 0 Å². The van der Waals surface area contributed by atoms with Crippen LogP contribution in [0.3, 0.4) is 0 Å². The van der Waals surface area contributed by atoms with Crippen molar-refractivity contribution in [2.45, 2.75) is 78.1 Å². The van der Waals surface area contributed by atoms with Gasteiger partial charge in [0.25, 0.3) is 7.48 Å². The molecule has 0 fully saturated rings. The summed E-state index contributed by atoms with van der Waals surface area (Å²) in [4.78, 5) is 11.9. The molecule has 21 heavy (non-hydrogen) atoms. The first-order chi connectivity index (χ1) is 9.83. The highest BCUT2D eigenvalue weighted by atomic mass is 16.4. The minimum atomic E-state index is -1.17. The van der Waals surface area contributed by atoms with Crippen LogP contribution in [0.15, 0.2) is 0 Å². The molecule has 123 valence electrons. The molecule has 4 atom stereocenters. The molecule has 4 nitrogen and oxygen atoms in total. The lowest BCUT2D eigenvalue weighted by atomic mass is 9.68. The summed E-state index contributed by atoms with van der Waals surface area (Å²) in [5.41, 5.74) is 5.24. The molecule has 4 N–H and O–H groups in total. The van der Waals surface area contributed by atoms with Crippen LogP contribution < -0.4 is 5.73 Å². The lowest BCUT2D eigenvalue weighted by Crippen LogP contribution is -2.57. The average molecular weight is 298 g/mol. The Balaban J connectivity index is 5.19. The molecule has 0 heterocycles. The van der Waals surface area contributed by atoms with Crippen molar-refractivity contribution < 1.29 is 14.9 Å². The fraction of sp³-hybridized carbons (Fsp3) is 0.938. The first-order valence-electron chi connectivity index (χ1n) is 8.31. The maximum absolute atomic E-state index is 11.9. The normalized spacial score (nSPS) is 18.6. The number of aliphatic carboxylic acids is 1. The molecule has 0 spiro atoms. The van der Waals surface area contributed by atoms with Crippen LogP contribution in [0.1, 0.15) is 66.2 Å². The zero-order chi connectivity index (χ0) is 16.5. The van der Waals surface area contributed by atoms with Gasteiger partial charge in [-0.15, -0.1) is 0 Å². The van der Waals surface area contributed by atoms with E-state index in [0.717, 1.165) is 39.6 Å². The predicted octanol–water partition coefficient (Wildman–Crippen LogP) is 3.07. The van der Waals surface area contributed by atoms with Crippen LogP contribution in [0.5, 0.6) is 0 Å². The first kappa shape index (κ1) is 20.5. The van der Waals surface area contributed by atoms with Gasteiger partial charge >= 0.3 is 5.97 Å². The Labute approximate surface area is 130 Å². The molecule has 5 heteroatoms. The standard InChI is InChI=1S/C16H33BNO3/c1-5-8-13(4)14(9-7-10-17-21)16(18,15(19)20)11-12(3)6-2/h12-14,21H,5-11,18H2,1-4H3,(H,19,20). The lowest BCUT2D eigenvalue weighted by molar-refractivity contribution is -0.147. The molecule has 0 aromatic rings. The minimum absolute atomic E-state index is 0.0519. The second-order valence-corrected chi connectivity index (χ2v) is 6.55. The summed E-state index contributed by atoms with van der Waals surface area (Å²) in [5, 5.41) is 18.6. The van der Waals surface area contributed by atoms with Gasteiger partial charge in [0.2, 0.25) is 0 Å². The van der Waals surface area contributed by atoms with Gasteiger partial charge in [0.15, 0.2) is 0 Å². The Morgan fingerprint density at radius 2 is 1.90 bits per heavy atom. The van der Waals surface area contributed by atoms with E-state index >= 15 is 0 Å². The largest absolute Gasteiger partial charge is 0.480 e. The van der Waals surface area contributed by atoms with Gasteiger partial charge < -0.3 is 15.9 Å². The Morgan fingerprint density at radius 3 is 2.33 bits per heavy atom. The maximum atomic E-state index is 11.9. The molecular weight excluding hydrogens is 265 g/mol. The molecule has 0 saturated carbocycles. The lowest BCUT2D eigenvalue weighted by Gasteiger charge is -2.39. The Morgan fingerprint density at radius 1 is 1.29 bits per heavy atom. The summed E-state index contributed by atoms with van der Waals surface area (Å²) in [6.45, 7) is 8.35. The smallest absolute Gasteiger partial charge is 0.323 e. The molecule has 0 rings (SSSR count). The van der Waals surface area contributed by atoms with E-state index < -0.39 is 11.5 Å². The number of hydrogen-bond acceptors (Lipinski definition) is 3. The maximum Gasteiger partial charge on any atom is 0.323 e. The fourth-order valence-corrected chi connectivity index (χ4v) is 3.25. The molecule has 0 aromatic carbocycles. The fourth-order valence-electron chi connectivity index (χ4n) is 3.25. The highest BCUT2D eigenvalue weighted by Crippen LogP contribution is 2.36. The molecule has 0 aromatic heterocycles. The van der Waals surface area contributed by atoms with Crippen molar-refractivity contribution in [1.82, 2.24) is 0 Å². The van der Waals surface area contributed by atoms with Gasteiger partial charge in [0, 0.05) is 0 Å². The molecule has 0 aliphatic rings. The van der Waals surface area contributed by atoms with Crippen molar-refractivity contribution in [1.29, 1.82) is 0 Å². The van der Waals surface area contributed by atoms with Crippen molar-refractivity contribution in [2.75, 3.05) is 0 Å². The van der Waals surface area contributed by atoms with Crippen LogP contribution in [0.4, 0.5) is 0 Å². The average Bonchev–Trinajstić information content (AvgIpc) is 2.43. The SMILES string of the molecule is CCCC(C)C(CCC[B]O)C(N)(CC(C)CC)C(=O)O. The van der Waals surface area contributed by atoms with E-state index in [9.17, 15) is 9.90 Å². The molecule has 0 aliphatic heterocycles. The van der Waals surface area contributed by atoms with E-state index in [2.05, 4.69) is 27.7 Å². The highest BCUT2D eigenvalue weighted by Gasteiger charge is 2.44. The number of nitrogens with two attached hydrogens (primary N) is 1. The number of carboxylic acid groups (broad SMARTS) is 1. The first-order valence-corrected chi connectivity index (χ1v) is 8.31. The molecule has 0 bridgehead atoms. The molecule has 1 radical (unpaired) electrons. The molecule has 0 saturated heterocycles. The van der Waals surface area contributed by atoms with Crippen LogP contribution in [-0.4, -0.2) is 29.1 Å². The van der Waals surface area contributed by atoms with Crippen LogP contribution in [0.25, 0.3) is 0 Å². The van der Waals surface area contributed by atoms with E-state index in [1.54, 1.807) is 0 Å². The van der Waals surface area contributed by atoms with Gasteiger partial charge in [-0.3, -0.25) is 4.79 Å². The van der Waals surface area contributed by atoms with Crippen molar-refractivity contribution >= 4 is 13.5 Å². The summed E-state index contributed by atoms with van der Waals surface area (Å²) in [5.74, 6) is -0.363. The van der Waals surface area contributed by atoms with E-state index in [1.807, 2.05) is 0 Å². The zero-order valence-corrected chi connectivity index (χ0v) is 14.1. The molecule has 4 unspecified atom stereocenters. The Bertz CT molecular complexity index is 301. The van der Waals surface area contributed by atoms with Crippen LogP contribution >= 0.6 is 0 Å². The Hall–Kier alpha value is -0.545. The van der Waals surface area contributed by atoms with Gasteiger partial charge in [-0.1, -0.05) is 59.7 Å². The van der Waals surface area contributed by atoms with Crippen molar-refractivity contribution in [3.8, 4) is 0 Å². The van der Waals surface area contributed by atoms with Crippen LogP contribution in [-0.2, 0) is 4.79 Å². The van der Waals surface area contributed by atoms with Crippen molar-refractivity contribution in [2.24, 2.45) is 23.5 Å². The topological polar surface area (TPSA) is 83.5 Å². The highest BCUT2D eigenvalue weighted by molar-refractivity contribution is 6.25. The number of hydrogen-bond donors (Lipinski definition) is 3. The predicted molar refractivity (Wildman–Crippen MR) is 88.2 cm³/mol. The molecule has 0 aliphatic carbocycles. The van der Waals surface area contributed by atoms with Crippen LogP contribution in [0, 0.1) is 17.8 Å². The minimum Gasteiger partial charge on any atom is -0.480 e. The third kappa shape index (κ3) is 6.39. The van der Waals surface area contributed by atoms with E-state index in [-0.39, 0.29) is 11.8 Å². The van der Waals surface area contributed by atoms with Crippen molar-refractivity contribution in [3.63, 3.8) is 0 Å². The quantitative estimate of drug-likeness (QED) is 0.382. The molecular formula is C16H33BNO3. The second-order valence-electron chi connectivity index (χ2n) is 6.55. The second kappa shape index (κ2) is 10.2. The number of carbonyl (C=O) groups is 1. The Kier molecular flexibility index (Phi) is 9.96.